The summed E-state index contributed by atoms with van der Waals surface area (Å²) in [5.74, 6) is 0.302. The van der Waals surface area contributed by atoms with Crippen LogP contribution in [0.5, 0.6) is 0 Å². The van der Waals surface area contributed by atoms with Crippen molar-refractivity contribution in [3.05, 3.63) is 54.1 Å². The number of para-hydroxylation sites is 2. The van der Waals surface area contributed by atoms with Gasteiger partial charge >= 0.3 is 0 Å². The molecular weight excluding hydrogens is 426 g/mol. The number of nitrogens with one attached hydrogen (secondary N) is 1. The van der Waals surface area contributed by atoms with Crippen LogP contribution in [0.1, 0.15) is 30.6 Å². The SMILES string of the molecule is CC1CC(C)CN(S(=O)(=O)c2cccc(C(=O)Nc3ccccc3N3CCOCC3)c2)C1. The number of amides is 1. The molecule has 2 unspecified atom stereocenters. The second-order valence-corrected chi connectivity index (χ2v) is 10.8. The molecule has 0 spiro atoms. The van der Waals surface area contributed by atoms with Crippen molar-refractivity contribution in [1.29, 1.82) is 0 Å². The van der Waals surface area contributed by atoms with Crippen molar-refractivity contribution in [1.82, 2.24) is 4.31 Å². The molecule has 2 aliphatic rings. The lowest BCUT2D eigenvalue weighted by Gasteiger charge is -2.34. The number of rotatable bonds is 5. The fourth-order valence-electron chi connectivity index (χ4n) is 4.60. The van der Waals surface area contributed by atoms with Gasteiger partial charge in [-0.05, 0) is 48.6 Å². The molecule has 7 nitrogen and oxygen atoms in total. The molecular formula is C24H31N3O4S. The zero-order valence-electron chi connectivity index (χ0n) is 18.7. The first-order valence-corrected chi connectivity index (χ1v) is 12.6. The molecule has 172 valence electrons. The first-order chi connectivity index (χ1) is 15.3. The van der Waals surface area contributed by atoms with E-state index in [1.165, 1.54) is 6.07 Å². The summed E-state index contributed by atoms with van der Waals surface area (Å²) in [5, 5.41) is 2.97. The molecule has 2 aliphatic heterocycles. The van der Waals surface area contributed by atoms with Crippen LogP contribution >= 0.6 is 0 Å². The lowest BCUT2D eigenvalue weighted by atomic mass is 9.94. The van der Waals surface area contributed by atoms with Gasteiger partial charge in [-0.15, -0.1) is 0 Å². The third-order valence-corrected chi connectivity index (χ3v) is 7.90. The van der Waals surface area contributed by atoms with Gasteiger partial charge in [-0.25, -0.2) is 8.42 Å². The van der Waals surface area contributed by atoms with Gasteiger partial charge in [0.25, 0.3) is 5.91 Å². The van der Waals surface area contributed by atoms with Crippen LogP contribution in [-0.4, -0.2) is 58.0 Å². The minimum Gasteiger partial charge on any atom is -0.378 e. The molecule has 2 fully saturated rings. The van der Waals surface area contributed by atoms with Crippen LogP contribution in [0.2, 0.25) is 0 Å². The van der Waals surface area contributed by atoms with E-state index >= 15 is 0 Å². The molecule has 1 amide bonds. The Hall–Kier alpha value is -2.42. The van der Waals surface area contributed by atoms with Crippen LogP contribution in [0.4, 0.5) is 11.4 Å². The van der Waals surface area contributed by atoms with Crippen LogP contribution < -0.4 is 10.2 Å². The second kappa shape index (κ2) is 9.60. The molecule has 0 radical (unpaired) electrons. The topological polar surface area (TPSA) is 79.0 Å². The average Bonchev–Trinajstić information content (AvgIpc) is 2.79. The Labute approximate surface area is 190 Å². The van der Waals surface area contributed by atoms with E-state index in [0.717, 1.165) is 25.2 Å². The number of benzene rings is 2. The number of morpholine rings is 1. The van der Waals surface area contributed by atoms with Crippen LogP contribution in [-0.2, 0) is 14.8 Å². The Kier molecular flexibility index (Phi) is 6.83. The van der Waals surface area contributed by atoms with Crippen molar-refractivity contribution < 1.29 is 17.9 Å². The molecule has 0 bridgehead atoms. The number of sulfonamides is 1. The van der Waals surface area contributed by atoms with Gasteiger partial charge in [0.15, 0.2) is 0 Å². The second-order valence-electron chi connectivity index (χ2n) is 8.87. The largest absolute Gasteiger partial charge is 0.378 e. The fraction of sp³-hybridized carbons (Fsp3) is 0.458. The molecule has 1 N–H and O–H groups in total. The summed E-state index contributed by atoms with van der Waals surface area (Å²) < 4.78 is 33.5. The van der Waals surface area contributed by atoms with E-state index in [9.17, 15) is 13.2 Å². The number of anilines is 2. The molecule has 8 heteroatoms. The van der Waals surface area contributed by atoms with Crippen LogP contribution in [0.25, 0.3) is 0 Å². The van der Waals surface area contributed by atoms with Crippen LogP contribution in [0, 0.1) is 11.8 Å². The van der Waals surface area contributed by atoms with Crippen molar-refractivity contribution in [2.45, 2.75) is 25.2 Å². The predicted octanol–water partition coefficient (Wildman–Crippen LogP) is 3.44. The van der Waals surface area contributed by atoms with Gasteiger partial charge in [0.2, 0.25) is 10.0 Å². The van der Waals surface area contributed by atoms with Crippen LogP contribution in [0.3, 0.4) is 0 Å². The zero-order chi connectivity index (χ0) is 22.7. The Morgan fingerprint density at radius 1 is 1.00 bits per heavy atom. The van der Waals surface area contributed by atoms with Crippen LogP contribution in [0.15, 0.2) is 53.4 Å². The Bertz CT molecular complexity index is 1060. The molecule has 2 aromatic carbocycles. The highest BCUT2D eigenvalue weighted by Gasteiger charge is 2.32. The van der Waals surface area contributed by atoms with E-state index in [0.29, 0.717) is 49.4 Å². The van der Waals surface area contributed by atoms with E-state index in [1.54, 1.807) is 22.5 Å². The van der Waals surface area contributed by atoms with E-state index in [4.69, 9.17) is 4.74 Å². The van der Waals surface area contributed by atoms with Gasteiger partial charge in [0.1, 0.15) is 0 Å². The molecule has 2 aromatic rings. The number of hydrogen-bond acceptors (Lipinski definition) is 5. The summed E-state index contributed by atoms with van der Waals surface area (Å²) in [6, 6.07) is 14.0. The van der Waals surface area contributed by atoms with Gasteiger partial charge in [0, 0.05) is 31.7 Å². The predicted molar refractivity (Wildman–Crippen MR) is 126 cm³/mol. The molecule has 2 saturated heterocycles. The summed E-state index contributed by atoms with van der Waals surface area (Å²) in [4.78, 5) is 15.4. The van der Waals surface area contributed by atoms with Gasteiger partial charge in [-0.3, -0.25) is 4.79 Å². The minimum absolute atomic E-state index is 0.160. The van der Waals surface area contributed by atoms with Crippen molar-refractivity contribution in [2.75, 3.05) is 49.6 Å². The van der Waals surface area contributed by atoms with E-state index in [2.05, 4.69) is 24.1 Å². The number of carbonyl (C=O) groups is 1. The first-order valence-electron chi connectivity index (χ1n) is 11.2. The highest BCUT2D eigenvalue weighted by Crippen LogP contribution is 2.29. The number of hydrogen-bond donors (Lipinski definition) is 1. The Morgan fingerprint density at radius 2 is 1.69 bits per heavy atom. The maximum absolute atomic E-state index is 13.2. The Balaban J connectivity index is 1.55. The quantitative estimate of drug-likeness (QED) is 0.744. The third kappa shape index (κ3) is 4.98. The van der Waals surface area contributed by atoms with Gasteiger partial charge < -0.3 is 15.0 Å². The standard InChI is InChI=1S/C24H31N3O4S/c1-18-14-19(2)17-27(16-18)32(29,30)21-7-5-6-20(15-21)24(28)25-22-8-3-4-9-23(22)26-10-12-31-13-11-26/h3-9,15,18-19H,10-14,16-17H2,1-2H3,(H,25,28). The molecule has 32 heavy (non-hydrogen) atoms. The number of ether oxygens (including phenoxy) is 1. The maximum atomic E-state index is 13.2. The normalized spacial score (nSPS) is 22.5. The molecule has 4 rings (SSSR count). The molecule has 0 saturated carbocycles. The van der Waals surface area contributed by atoms with E-state index in [1.807, 2.05) is 24.3 Å². The number of carbonyl (C=O) groups excluding carboxylic acids is 1. The zero-order valence-corrected chi connectivity index (χ0v) is 19.5. The summed E-state index contributed by atoms with van der Waals surface area (Å²) >= 11 is 0. The first kappa shape index (κ1) is 22.8. The fourth-order valence-corrected chi connectivity index (χ4v) is 6.33. The minimum atomic E-state index is -3.65. The van der Waals surface area contributed by atoms with Gasteiger partial charge in [0.05, 0.1) is 29.5 Å². The summed E-state index contributed by atoms with van der Waals surface area (Å²) in [6.45, 7) is 7.99. The van der Waals surface area contributed by atoms with Gasteiger partial charge in [-0.1, -0.05) is 32.0 Å². The monoisotopic (exact) mass is 457 g/mol. The van der Waals surface area contributed by atoms with Crippen molar-refractivity contribution >= 4 is 27.3 Å². The molecule has 2 heterocycles. The van der Waals surface area contributed by atoms with E-state index < -0.39 is 10.0 Å². The Morgan fingerprint density at radius 3 is 2.41 bits per heavy atom. The maximum Gasteiger partial charge on any atom is 0.255 e. The lowest BCUT2D eigenvalue weighted by Crippen LogP contribution is -2.42. The molecule has 0 aliphatic carbocycles. The highest BCUT2D eigenvalue weighted by molar-refractivity contribution is 7.89. The summed E-state index contributed by atoms with van der Waals surface area (Å²) in [7, 11) is -3.65. The van der Waals surface area contributed by atoms with Crippen molar-refractivity contribution in [3.8, 4) is 0 Å². The third-order valence-electron chi connectivity index (χ3n) is 6.07. The number of nitrogens with zero attached hydrogens (tertiary/aromatic N) is 2. The molecule has 0 aromatic heterocycles. The van der Waals surface area contributed by atoms with Crippen molar-refractivity contribution in [2.24, 2.45) is 11.8 Å². The van der Waals surface area contributed by atoms with Crippen molar-refractivity contribution in [3.63, 3.8) is 0 Å². The average molecular weight is 458 g/mol. The summed E-state index contributed by atoms with van der Waals surface area (Å²) in [6.07, 6.45) is 1.02. The van der Waals surface area contributed by atoms with E-state index in [-0.39, 0.29) is 10.8 Å². The van der Waals surface area contributed by atoms with Gasteiger partial charge in [-0.2, -0.15) is 4.31 Å². The summed E-state index contributed by atoms with van der Waals surface area (Å²) in [5.41, 5.74) is 1.96. The smallest absolute Gasteiger partial charge is 0.255 e. The highest BCUT2D eigenvalue weighted by atomic mass is 32.2. The molecule has 2 atom stereocenters. The lowest BCUT2D eigenvalue weighted by molar-refractivity contribution is 0.102. The number of piperidine rings is 1.